The van der Waals surface area contributed by atoms with Gasteiger partial charge in [0.05, 0.1) is 5.52 Å². The monoisotopic (exact) mass is 233 g/mol. The van der Waals surface area contributed by atoms with E-state index in [0.29, 0.717) is 0 Å². The first-order valence-corrected chi connectivity index (χ1v) is 8.65. The SMILES string of the molecule is CC[Si](CC)(CC)n1nnc2ccccc21. The molecule has 0 aliphatic rings. The Morgan fingerprint density at radius 1 is 1.06 bits per heavy atom. The third-order valence-corrected chi connectivity index (χ3v) is 8.95. The molecule has 86 valence electrons. The highest BCUT2D eigenvalue weighted by molar-refractivity contribution is 6.78. The van der Waals surface area contributed by atoms with Gasteiger partial charge >= 0.3 is 0 Å². The Kier molecular flexibility index (Phi) is 3.09. The molecule has 0 bridgehead atoms. The molecular weight excluding hydrogens is 214 g/mol. The number of benzene rings is 1. The first-order valence-electron chi connectivity index (χ1n) is 6.08. The van der Waals surface area contributed by atoms with Crippen LogP contribution in [-0.2, 0) is 0 Å². The van der Waals surface area contributed by atoms with E-state index in [9.17, 15) is 0 Å². The van der Waals surface area contributed by atoms with Gasteiger partial charge in [0, 0.05) is 0 Å². The zero-order chi connectivity index (χ0) is 11.6. The molecule has 2 aromatic rings. The quantitative estimate of drug-likeness (QED) is 0.759. The van der Waals surface area contributed by atoms with Crippen LogP contribution < -0.4 is 0 Å². The molecule has 16 heavy (non-hydrogen) atoms. The van der Waals surface area contributed by atoms with Crippen LogP contribution in [0.2, 0.25) is 18.1 Å². The van der Waals surface area contributed by atoms with Crippen molar-refractivity contribution in [3.63, 3.8) is 0 Å². The van der Waals surface area contributed by atoms with Gasteiger partial charge in [0.1, 0.15) is 5.52 Å². The summed E-state index contributed by atoms with van der Waals surface area (Å²) in [6.07, 6.45) is 0. The van der Waals surface area contributed by atoms with Crippen LogP contribution in [0.15, 0.2) is 24.3 Å². The van der Waals surface area contributed by atoms with Crippen molar-refractivity contribution in [2.45, 2.75) is 38.9 Å². The largest absolute Gasteiger partial charge is 0.274 e. The first kappa shape index (κ1) is 11.3. The van der Waals surface area contributed by atoms with Crippen LogP contribution in [0.1, 0.15) is 20.8 Å². The third kappa shape index (κ3) is 1.57. The number of fused-ring (bicyclic) bond motifs is 1. The van der Waals surface area contributed by atoms with Crippen LogP contribution in [0.5, 0.6) is 0 Å². The Morgan fingerprint density at radius 2 is 1.69 bits per heavy atom. The fraction of sp³-hybridized carbons (Fsp3) is 0.500. The highest BCUT2D eigenvalue weighted by atomic mass is 28.3. The minimum Gasteiger partial charge on any atom is -0.274 e. The Bertz CT molecular complexity index is 466. The normalized spacial score (nSPS) is 12.2. The van der Waals surface area contributed by atoms with Crippen molar-refractivity contribution in [2.24, 2.45) is 0 Å². The van der Waals surface area contributed by atoms with Crippen molar-refractivity contribution in [3.8, 4) is 0 Å². The summed E-state index contributed by atoms with van der Waals surface area (Å²) >= 11 is 0. The van der Waals surface area contributed by atoms with Gasteiger partial charge < -0.3 is 0 Å². The van der Waals surface area contributed by atoms with Crippen LogP contribution >= 0.6 is 0 Å². The maximum absolute atomic E-state index is 4.41. The van der Waals surface area contributed by atoms with Crippen molar-refractivity contribution in [1.29, 1.82) is 0 Å². The Morgan fingerprint density at radius 3 is 2.31 bits per heavy atom. The van der Waals surface area contributed by atoms with Crippen LogP contribution in [-0.4, -0.2) is 22.9 Å². The fourth-order valence-corrected chi connectivity index (χ4v) is 5.75. The van der Waals surface area contributed by atoms with Crippen molar-refractivity contribution >= 4 is 19.3 Å². The second kappa shape index (κ2) is 4.37. The molecule has 1 heterocycles. The second-order valence-electron chi connectivity index (χ2n) is 4.27. The maximum atomic E-state index is 4.41. The van der Waals surface area contributed by atoms with Gasteiger partial charge in [-0.15, -0.1) is 5.10 Å². The number of para-hydroxylation sites is 1. The smallest absolute Gasteiger partial charge is 0.187 e. The minimum atomic E-state index is -1.46. The fourth-order valence-electron chi connectivity index (χ4n) is 2.42. The van der Waals surface area contributed by atoms with E-state index in [-0.39, 0.29) is 0 Å². The molecule has 3 nitrogen and oxygen atoms in total. The van der Waals surface area contributed by atoms with Crippen molar-refractivity contribution in [1.82, 2.24) is 14.7 Å². The number of nitrogens with zero attached hydrogens (tertiary/aromatic N) is 3. The molecule has 0 N–H and O–H groups in total. The summed E-state index contributed by atoms with van der Waals surface area (Å²) in [5.74, 6) is 0. The number of aromatic nitrogens is 3. The molecule has 1 aromatic heterocycles. The van der Waals surface area contributed by atoms with Gasteiger partial charge in [-0.05, 0) is 30.3 Å². The molecule has 0 radical (unpaired) electrons. The summed E-state index contributed by atoms with van der Waals surface area (Å²) in [5.41, 5.74) is 2.23. The number of rotatable bonds is 4. The molecule has 0 saturated heterocycles. The lowest BCUT2D eigenvalue weighted by Crippen LogP contribution is -2.42. The molecular formula is C12H19N3Si. The summed E-state index contributed by atoms with van der Waals surface area (Å²) in [6, 6.07) is 12.0. The maximum Gasteiger partial charge on any atom is 0.187 e. The lowest BCUT2D eigenvalue weighted by molar-refractivity contribution is 0.829. The zero-order valence-electron chi connectivity index (χ0n) is 10.3. The molecule has 0 fully saturated rings. The van der Waals surface area contributed by atoms with Crippen molar-refractivity contribution < 1.29 is 0 Å². The predicted octanol–water partition coefficient (Wildman–Crippen LogP) is 3.28. The Balaban J connectivity index is 2.61. The highest BCUT2D eigenvalue weighted by Crippen LogP contribution is 2.25. The van der Waals surface area contributed by atoms with Crippen LogP contribution in [0.25, 0.3) is 11.0 Å². The van der Waals surface area contributed by atoms with Gasteiger partial charge in [-0.1, -0.05) is 38.1 Å². The Hall–Kier alpha value is -1.16. The van der Waals surface area contributed by atoms with Crippen molar-refractivity contribution in [2.75, 3.05) is 0 Å². The Labute approximate surface area is 97.6 Å². The molecule has 0 unspecified atom stereocenters. The average Bonchev–Trinajstić information content (AvgIpc) is 2.77. The molecule has 0 spiro atoms. The summed E-state index contributed by atoms with van der Waals surface area (Å²) in [6.45, 7) is 6.86. The molecule has 2 rings (SSSR count). The van der Waals surface area contributed by atoms with Crippen LogP contribution in [0, 0.1) is 0 Å². The third-order valence-electron chi connectivity index (χ3n) is 3.78. The van der Waals surface area contributed by atoms with E-state index in [1.807, 2.05) is 12.1 Å². The average molecular weight is 233 g/mol. The van der Waals surface area contributed by atoms with Gasteiger partial charge in [0.25, 0.3) is 0 Å². The lowest BCUT2D eigenvalue weighted by atomic mass is 10.3. The molecule has 0 aliphatic heterocycles. The number of hydrogen-bond acceptors (Lipinski definition) is 2. The predicted molar refractivity (Wildman–Crippen MR) is 70.1 cm³/mol. The molecule has 1 aromatic carbocycles. The standard InChI is InChI=1S/C12H19N3Si/c1-4-16(5-2,6-3)15-12-10-8-7-9-11(12)13-14-15/h7-10H,4-6H2,1-3H3. The van der Waals surface area contributed by atoms with E-state index >= 15 is 0 Å². The molecule has 0 saturated carbocycles. The van der Waals surface area contributed by atoms with Gasteiger partial charge in [-0.25, -0.2) is 0 Å². The topological polar surface area (TPSA) is 30.7 Å². The highest BCUT2D eigenvalue weighted by Gasteiger charge is 2.32. The van der Waals surface area contributed by atoms with E-state index in [0.717, 1.165) is 5.52 Å². The van der Waals surface area contributed by atoms with E-state index in [2.05, 4.69) is 47.6 Å². The van der Waals surface area contributed by atoms with E-state index in [4.69, 9.17) is 0 Å². The molecule has 4 heteroatoms. The van der Waals surface area contributed by atoms with E-state index in [1.54, 1.807) is 0 Å². The van der Waals surface area contributed by atoms with Crippen molar-refractivity contribution in [3.05, 3.63) is 24.3 Å². The second-order valence-corrected chi connectivity index (χ2v) is 9.27. The van der Waals surface area contributed by atoms with Gasteiger partial charge in [0.2, 0.25) is 0 Å². The van der Waals surface area contributed by atoms with E-state index in [1.165, 1.54) is 23.6 Å². The van der Waals surface area contributed by atoms with Gasteiger partial charge in [0.15, 0.2) is 8.24 Å². The first-order chi connectivity index (χ1) is 7.77. The summed E-state index contributed by atoms with van der Waals surface area (Å²) < 4.78 is 2.25. The number of hydrogen-bond donors (Lipinski definition) is 0. The van der Waals surface area contributed by atoms with Gasteiger partial charge in [-0.3, -0.25) is 4.35 Å². The minimum absolute atomic E-state index is 1.02. The van der Waals surface area contributed by atoms with Crippen LogP contribution in [0.4, 0.5) is 0 Å². The summed E-state index contributed by atoms with van der Waals surface area (Å²) in [5, 5.41) is 8.68. The summed E-state index contributed by atoms with van der Waals surface area (Å²) in [4.78, 5) is 0. The van der Waals surface area contributed by atoms with E-state index < -0.39 is 8.24 Å². The van der Waals surface area contributed by atoms with Crippen LogP contribution in [0.3, 0.4) is 0 Å². The molecule has 0 atom stereocenters. The molecule has 0 amide bonds. The zero-order valence-corrected chi connectivity index (χ0v) is 11.3. The lowest BCUT2D eigenvalue weighted by Gasteiger charge is -2.27. The molecule has 0 aliphatic carbocycles. The summed E-state index contributed by atoms with van der Waals surface area (Å²) in [7, 11) is -1.46. The van der Waals surface area contributed by atoms with Gasteiger partial charge in [-0.2, -0.15) is 0 Å².